The van der Waals surface area contributed by atoms with E-state index in [-0.39, 0.29) is 0 Å². The number of hydrogen-bond donors (Lipinski definition) is 1. The maximum atomic E-state index is 5.62. The van der Waals surface area contributed by atoms with Crippen LogP contribution in [0.25, 0.3) is 0 Å². The van der Waals surface area contributed by atoms with Crippen LogP contribution in [-0.2, 0) is 6.54 Å². The van der Waals surface area contributed by atoms with Crippen LogP contribution in [0, 0.1) is 0 Å². The van der Waals surface area contributed by atoms with Gasteiger partial charge in [0.2, 0.25) is 0 Å². The monoisotopic (exact) mass is 217 g/mol. The van der Waals surface area contributed by atoms with Gasteiger partial charge in [-0.2, -0.15) is 0 Å². The van der Waals surface area contributed by atoms with Crippen molar-refractivity contribution in [3.8, 4) is 0 Å². The highest BCUT2D eigenvalue weighted by atomic mass is 32.2. The fourth-order valence-electron chi connectivity index (χ4n) is 1.20. The molecule has 2 heterocycles. The quantitative estimate of drug-likeness (QED) is 0.855. The summed E-state index contributed by atoms with van der Waals surface area (Å²) in [6.45, 7) is 0.467. The molecule has 15 heavy (non-hydrogen) atoms. The van der Waals surface area contributed by atoms with E-state index < -0.39 is 0 Å². The molecule has 0 radical (unpaired) electrons. The van der Waals surface area contributed by atoms with E-state index in [9.17, 15) is 0 Å². The van der Waals surface area contributed by atoms with E-state index in [1.54, 1.807) is 30.4 Å². The van der Waals surface area contributed by atoms with Gasteiger partial charge in [-0.3, -0.25) is 9.97 Å². The van der Waals surface area contributed by atoms with Gasteiger partial charge in [0.15, 0.2) is 0 Å². The van der Waals surface area contributed by atoms with Gasteiger partial charge >= 0.3 is 0 Å². The molecule has 0 fully saturated rings. The highest BCUT2D eigenvalue weighted by Crippen LogP contribution is 2.28. The Kier molecular flexibility index (Phi) is 3.32. The van der Waals surface area contributed by atoms with Gasteiger partial charge in [0, 0.05) is 34.9 Å². The highest BCUT2D eigenvalue weighted by molar-refractivity contribution is 7.99. The van der Waals surface area contributed by atoms with Gasteiger partial charge in [0.05, 0.1) is 5.69 Å². The molecule has 0 unspecified atom stereocenters. The molecule has 0 aromatic carbocycles. The third kappa shape index (κ3) is 2.55. The number of pyridine rings is 2. The smallest absolute Gasteiger partial charge is 0.0678 e. The third-order valence-corrected chi connectivity index (χ3v) is 3.02. The predicted molar refractivity (Wildman–Crippen MR) is 60.5 cm³/mol. The Bertz CT molecular complexity index is 431. The minimum atomic E-state index is 0.467. The van der Waals surface area contributed by atoms with Crippen molar-refractivity contribution < 1.29 is 0 Å². The highest BCUT2D eigenvalue weighted by Gasteiger charge is 2.02. The molecule has 2 rings (SSSR count). The van der Waals surface area contributed by atoms with E-state index in [1.165, 1.54) is 0 Å². The van der Waals surface area contributed by atoms with Crippen molar-refractivity contribution in [1.29, 1.82) is 0 Å². The summed E-state index contributed by atoms with van der Waals surface area (Å²) < 4.78 is 0. The molecule has 0 saturated carbocycles. The van der Waals surface area contributed by atoms with Gasteiger partial charge in [0.1, 0.15) is 0 Å². The molecule has 0 aliphatic rings. The molecule has 0 aliphatic carbocycles. The lowest BCUT2D eigenvalue weighted by molar-refractivity contribution is 0.943. The van der Waals surface area contributed by atoms with Gasteiger partial charge in [-0.25, -0.2) is 0 Å². The summed E-state index contributed by atoms with van der Waals surface area (Å²) >= 11 is 1.66. The summed E-state index contributed by atoms with van der Waals surface area (Å²) in [5.41, 5.74) is 6.55. The molecule has 0 amide bonds. The summed E-state index contributed by atoms with van der Waals surface area (Å²) in [5, 5.41) is 0. The first-order valence-corrected chi connectivity index (χ1v) is 5.43. The fourth-order valence-corrected chi connectivity index (χ4v) is 2.11. The first-order chi connectivity index (χ1) is 7.40. The predicted octanol–water partition coefficient (Wildman–Crippen LogP) is 2.09. The van der Waals surface area contributed by atoms with E-state index in [0.29, 0.717) is 6.54 Å². The first kappa shape index (κ1) is 10.1. The summed E-state index contributed by atoms with van der Waals surface area (Å²) in [4.78, 5) is 10.5. The largest absolute Gasteiger partial charge is 0.325 e. The lowest BCUT2D eigenvalue weighted by Gasteiger charge is -2.05. The van der Waals surface area contributed by atoms with Crippen molar-refractivity contribution in [3.05, 3.63) is 48.5 Å². The average molecular weight is 217 g/mol. The fraction of sp³-hybridized carbons (Fsp3) is 0.0909. The number of aromatic nitrogens is 2. The number of hydrogen-bond acceptors (Lipinski definition) is 4. The Morgan fingerprint density at radius 3 is 2.67 bits per heavy atom. The van der Waals surface area contributed by atoms with Crippen LogP contribution in [0.5, 0.6) is 0 Å². The second-order valence-corrected chi connectivity index (χ2v) is 4.05. The Morgan fingerprint density at radius 1 is 1.13 bits per heavy atom. The topological polar surface area (TPSA) is 51.8 Å². The SMILES string of the molecule is NCc1ncccc1Sc1ccncc1. The minimum absolute atomic E-state index is 0.467. The molecule has 2 aromatic heterocycles. The van der Waals surface area contributed by atoms with Crippen LogP contribution >= 0.6 is 11.8 Å². The molecular formula is C11H11N3S. The Labute approximate surface area is 92.8 Å². The zero-order chi connectivity index (χ0) is 10.5. The van der Waals surface area contributed by atoms with E-state index >= 15 is 0 Å². The Morgan fingerprint density at radius 2 is 1.93 bits per heavy atom. The maximum Gasteiger partial charge on any atom is 0.0678 e. The van der Waals surface area contributed by atoms with Crippen LogP contribution in [-0.4, -0.2) is 9.97 Å². The zero-order valence-corrected chi connectivity index (χ0v) is 8.95. The van der Waals surface area contributed by atoms with Crippen molar-refractivity contribution in [2.75, 3.05) is 0 Å². The van der Waals surface area contributed by atoms with Crippen LogP contribution in [0.3, 0.4) is 0 Å². The van der Waals surface area contributed by atoms with Gasteiger partial charge in [0.25, 0.3) is 0 Å². The number of nitrogens with zero attached hydrogens (tertiary/aromatic N) is 2. The molecule has 0 spiro atoms. The van der Waals surface area contributed by atoms with Crippen LogP contribution in [0.2, 0.25) is 0 Å². The second kappa shape index (κ2) is 4.91. The summed E-state index contributed by atoms with van der Waals surface area (Å²) in [6.07, 6.45) is 5.32. The molecular weight excluding hydrogens is 206 g/mol. The average Bonchev–Trinajstić information content (AvgIpc) is 2.31. The van der Waals surface area contributed by atoms with Gasteiger partial charge in [-0.15, -0.1) is 0 Å². The van der Waals surface area contributed by atoms with Crippen molar-refractivity contribution in [3.63, 3.8) is 0 Å². The van der Waals surface area contributed by atoms with E-state index in [4.69, 9.17) is 5.73 Å². The molecule has 0 atom stereocenters. The van der Waals surface area contributed by atoms with E-state index in [2.05, 4.69) is 9.97 Å². The molecule has 0 saturated heterocycles. The second-order valence-electron chi connectivity index (χ2n) is 2.94. The van der Waals surface area contributed by atoms with Crippen LogP contribution in [0.15, 0.2) is 52.6 Å². The van der Waals surface area contributed by atoms with E-state index in [1.807, 2.05) is 24.3 Å². The van der Waals surface area contributed by atoms with Crippen molar-refractivity contribution >= 4 is 11.8 Å². The lowest BCUT2D eigenvalue weighted by Crippen LogP contribution is -2.00. The molecule has 4 heteroatoms. The standard InChI is InChI=1S/C11H11N3S/c12-8-10-11(2-1-5-14-10)15-9-3-6-13-7-4-9/h1-7H,8,12H2. The minimum Gasteiger partial charge on any atom is -0.325 e. The molecule has 3 nitrogen and oxygen atoms in total. The molecule has 2 aromatic rings. The van der Waals surface area contributed by atoms with Crippen molar-refractivity contribution in [2.45, 2.75) is 16.3 Å². The third-order valence-electron chi connectivity index (χ3n) is 1.92. The summed E-state index contributed by atoms with van der Waals surface area (Å²) in [7, 11) is 0. The van der Waals surface area contributed by atoms with Crippen molar-refractivity contribution in [2.24, 2.45) is 5.73 Å². The van der Waals surface area contributed by atoms with Gasteiger partial charge in [-0.1, -0.05) is 11.8 Å². The van der Waals surface area contributed by atoms with Crippen LogP contribution in [0.4, 0.5) is 0 Å². The maximum absolute atomic E-state index is 5.62. The van der Waals surface area contributed by atoms with Gasteiger partial charge in [-0.05, 0) is 24.3 Å². The Hall–Kier alpha value is -1.39. The molecule has 0 aliphatic heterocycles. The zero-order valence-electron chi connectivity index (χ0n) is 8.13. The van der Waals surface area contributed by atoms with Crippen molar-refractivity contribution in [1.82, 2.24) is 9.97 Å². The first-order valence-electron chi connectivity index (χ1n) is 4.62. The van der Waals surface area contributed by atoms with Crippen LogP contribution in [0.1, 0.15) is 5.69 Å². The lowest BCUT2D eigenvalue weighted by atomic mass is 10.3. The normalized spacial score (nSPS) is 10.2. The molecule has 0 bridgehead atoms. The summed E-state index contributed by atoms with van der Waals surface area (Å²) in [6, 6.07) is 7.89. The molecule has 76 valence electrons. The van der Waals surface area contributed by atoms with Crippen LogP contribution < -0.4 is 5.73 Å². The number of nitrogens with two attached hydrogens (primary N) is 1. The molecule has 2 N–H and O–H groups in total. The summed E-state index contributed by atoms with van der Waals surface area (Å²) in [5.74, 6) is 0. The van der Waals surface area contributed by atoms with E-state index in [0.717, 1.165) is 15.5 Å². The Balaban J connectivity index is 2.24. The number of rotatable bonds is 3. The van der Waals surface area contributed by atoms with Gasteiger partial charge < -0.3 is 5.73 Å².